The second-order valence-electron chi connectivity index (χ2n) is 4.72. The molecule has 1 aromatic heterocycles. The average molecular weight is 301 g/mol. The molecule has 1 atom stereocenters. The fraction of sp³-hybridized carbons (Fsp3) is 0.750. The van der Waals surface area contributed by atoms with Gasteiger partial charge in [0.2, 0.25) is 0 Å². The van der Waals surface area contributed by atoms with Crippen LogP contribution in [0.4, 0.5) is 0 Å². The maximum Gasteiger partial charge on any atom is 0.0739 e. The van der Waals surface area contributed by atoms with Crippen molar-refractivity contribution in [2.75, 3.05) is 20.1 Å². The van der Waals surface area contributed by atoms with Crippen molar-refractivity contribution in [2.24, 2.45) is 0 Å². The van der Waals surface area contributed by atoms with Gasteiger partial charge in [0.05, 0.1) is 15.9 Å². The molecule has 1 aliphatic rings. The zero-order valence-corrected chi connectivity index (χ0v) is 12.4. The minimum atomic E-state index is 0.655. The summed E-state index contributed by atoms with van der Waals surface area (Å²) in [5.74, 6) is 0. The maximum absolute atomic E-state index is 4.54. The van der Waals surface area contributed by atoms with Gasteiger partial charge in [-0.3, -0.25) is 9.58 Å². The number of hydrogen-bond acceptors (Lipinski definition) is 3. The predicted molar refractivity (Wildman–Crippen MR) is 73.1 cm³/mol. The molecule has 0 spiro atoms. The first kappa shape index (κ1) is 13.1. The predicted octanol–water partition coefficient (Wildman–Crippen LogP) is 1.77. The van der Waals surface area contributed by atoms with Crippen molar-refractivity contribution in [1.82, 2.24) is 20.0 Å². The van der Waals surface area contributed by atoms with Crippen LogP contribution >= 0.6 is 15.9 Å². The zero-order valence-electron chi connectivity index (χ0n) is 10.8. The number of aromatic nitrogens is 2. The van der Waals surface area contributed by atoms with Gasteiger partial charge in [-0.05, 0) is 49.8 Å². The summed E-state index contributed by atoms with van der Waals surface area (Å²) < 4.78 is 3.26. The van der Waals surface area contributed by atoms with Crippen molar-refractivity contribution in [1.29, 1.82) is 0 Å². The number of nitrogens with one attached hydrogen (secondary N) is 1. The molecule has 0 saturated carbocycles. The quantitative estimate of drug-likeness (QED) is 0.920. The van der Waals surface area contributed by atoms with Crippen molar-refractivity contribution in [3.8, 4) is 0 Å². The third-order valence-corrected chi connectivity index (χ3v) is 4.54. The van der Waals surface area contributed by atoms with Crippen molar-refractivity contribution < 1.29 is 0 Å². The van der Waals surface area contributed by atoms with E-state index in [0.717, 1.165) is 36.3 Å². The molecule has 2 heterocycles. The Morgan fingerprint density at radius 2 is 2.35 bits per heavy atom. The molecule has 1 N–H and O–H groups in total. The van der Waals surface area contributed by atoms with Gasteiger partial charge < -0.3 is 5.32 Å². The fourth-order valence-corrected chi connectivity index (χ4v) is 2.81. The van der Waals surface area contributed by atoms with Crippen LogP contribution < -0.4 is 5.32 Å². The van der Waals surface area contributed by atoms with Crippen LogP contribution in [0.15, 0.2) is 4.47 Å². The van der Waals surface area contributed by atoms with E-state index in [1.165, 1.54) is 12.1 Å². The smallest absolute Gasteiger partial charge is 0.0739 e. The molecule has 0 bridgehead atoms. The molecule has 1 aliphatic heterocycles. The van der Waals surface area contributed by atoms with Crippen molar-refractivity contribution in [2.45, 2.75) is 39.4 Å². The van der Waals surface area contributed by atoms with Crippen LogP contribution in [-0.2, 0) is 13.1 Å². The topological polar surface area (TPSA) is 33.1 Å². The summed E-state index contributed by atoms with van der Waals surface area (Å²) in [6.07, 6.45) is 1.24. The molecule has 2 rings (SSSR count). The van der Waals surface area contributed by atoms with Gasteiger partial charge in [-0.25, -0.2) is 0 Å². The number of likely N-dealkylation sites (N-methyl/N-ethyl adjacent to an activating group) is 1. The maximum atomic E-state index is 4.54. The Hall–Kier alpha value is -0.390. The highest BCUT2D eigenvalue weighted by Crippen LogP contribution is 2.23. The molecule has 96 valence electrons. The highest BCUT2D eigenvalue weighted by molar-refractivity contribution is 9.10. The molecular formula is C12H21BrN4. The Bertz CT molecular complexity index is 382. The molecular weight excluding hydrogens is 280 g/mol. The summed E-state index contributed by atoms with van der Waals surface area (Å²) in [6.45, 7) is 8.33. The normalized spacial score (nSPS) is 20.4. The molecule has 1 fully saturated rings. The highest BCUT2D eigenvalue weighted by Gasteiger charge is 2.21. The zero-order chi connectivity index (χ0) is 12.4. The summed E-state index contributed by atoms with van der Waals surface area (Å²) in [6, 6.07) is 0.655. The molecule has 0 aliphatic carbocycles. The summed E-state index contributed by atoms with van der Waals surface area (Å²) in [5, 5.41) is 7.95. The van der Waals surface area contributed by atoms with E-state index < -0.39 is 0 Å². The van der Waals surface area contributed by atoms with Crippen molar-refractivity contribution in [3.63, 3.8) is 0 Å². The van der Waals surface area contributed by atoms with Gasteiger partial charge >= 0.3 is 0 Å². The van der Waals surface area contributed by atoms with Crippen LogP contribution in [0.25, 0.3) is 0 Å². The van der Waals surface area contributed by atoms with Crippen LogP contribution in [0.2, 0.25) is 0 Å². The average Bonchev–Trinajstić information content (AvgIpc) is 2.92. The Morgan fingerprint density at radius 1 is 1.59 bits per heavy atom. The number of halogens is 1. The van der Waals surface area contributed by atoms with Gasteiger partial charge in [0, 0.05) is 25.7 Å². The second kappa shape index (κ2) is 5.50. The SMILES string of the molecule is CCn1nc(C)c(Br)c1CN(C)C1CCNC1. The third kappa shape index (κ3) is 2.72. The molecule has 0 amide bonds. The van der Waals surface area contributed by atoms with E-state index >= 15 is 0 Å². The minimum Gasteiger partial charge on any atom is -0.315 e. The summed E-state index contributed by atoms with van der Waals surface area (Å²) in [5.41, 5.74) is 2.37. The van der Waals surface area contributed by atoms with Gasteiger partial charge in [0.15, 0.2) is 0 Å². The molecule has 4 nitrogen and oxygen atoms in total. The van der Waals surface area contributed by atoms with Crippen LogP contribution in [0.5, 0.6) is 0 Å². The van der Waals surface area contributed by atoms with Crippen LogP contribution in [0, 0.1) is 6.92 Å². The van der Waals surface area contributed by atoms with Crippen LogP contribution in [-0.4, -0.2) is 40.9 Å². The fourth-order valence-electron chi connectivity index (χ4n) is 2.40. The van der Waals surface area contributed by atoms with E-state index in [1.807, 2.05) is 0 Å². The molecule has 1 aromatic rings. The van der Waals surface area contributed by atoms with Gasteiger partial charge in [-0.15, -0.1) is 0 Å². The van der Waals surface area contributed by atoms with Crippen LogP contribution in [0.1, 0.15) is 24.7 Å². The summed E-state index contributed by atoms with van der Waals surface area (Å²) in [7, 11) is 2.20. The highest BCUT2D eigenvalue weighted by atomic mass is 79.9. The lowest BCUT2D eigenvalue weighted by atomic mass is 10.2. The summed E-state index contributed by atoms with van der Waals surface area (Å²) in [4.78, 5) is 2.42. The Labute approximate surface area is 111 Å². The third-order valence-electron chi connectivity index (χ3n) is 3.51. The van der Waals surface area contributed by atoms with Gasteiger partial charge in [0.25, 0.3) is 0 Å². The van der Waals surface area contributed by atoms with Gasteiger partial charge in [-0.2, -0.15) is 5.10 Å². The monoisotopic (exact) mass is 300 g/mol. The Kier molecular flexibility index (Phi) is 4.22. The number of hydrogen-bond donors (Lipinski definition) is 1. The van der Waals surface area contributed by atoms with E-state index in [9.17, 15) is 0 Å². The van der Waals surface area contributed by atoms with Crippen molar-refractivity contribution in [3.05, 3.63) is 15.9 Å². The first-order valence-electron chi connectivity index (χ1n) is 6.26. The van der Waals surface area contributed by atoms with E-state index in [0.29, 0.717) is 6.04 Å². The largest absolute Gasteiger partial charge is 0.315 e. The molecule has 0 radical (unpaired) electrons. The van der Waals surface area contributed by atoms with Crippen LogP contribution in [0.3, 0.4) is 0 Å². The van der Waals surface area contributed by atoms with E-state index in [2.05, 4.69) is 56.8 Å². The van der Waals surface area contributed by atoms with E-state index in [4.69, 9.17) is 0 Å². The standard InChI is InChI=1S/C12H21BrN4/c1-4-17-11(12(13)9(2)15-17)8-16(3)10-5-6-14-7-10/h10,14H,4-8H2,1-3H3. The number of aryl methyl sites for hydroxylation is 2. The number of rotatable bonds is 4. The van der Waals surface area contributed by atoms with Gasteiger partial charge in [0.1, 0.15) is 0 Å². The first-order valence-corrected chi connectivity index (χ1v) is 7.05. The molecule has 1 saturated heterocycles. The first-order chi connectivity index (χ1) is 8.13. The van der Waals surface area contributed by atoms with E-state index in [-0.39, 0.29) is 0 Å². The van der Waals surface area contributed by atoms with Crippen molar-refractivity contribution >= 4 is 15.9 Å². The molecule has 17 heavy (non-hydrogen) atoms. The Balaban J connectivity index is 2.11. The Morgan fingerprint density at radius 3 is 2.94 bits per heavy atom. The lowest BCUT2D eigenvalue weighted by molar-refractivity contribution is 0.241. The molecule has 0 aromatic carbocycles. The second-order valence-corrected chi connectivity index (χ2v) is 5.52. The number of nitrogens with zero attached hydrogens (tertiary/aromatic N) is 3. The lowest BCUT2D eigenvalue weighted by Gasteiger charge is -2.23. The minimum absolute atomic E-state index is 0.655. The van der Waals surface area contributed by atoms with Gasteiger partial charge in [-0.1, -0.05) is 0 Å². The molecule has 1 unspecified atom stereocenters. The summed E-state index contributed by atoms with van der Waals surface area (Å²) >= 11 is 3.65. The van der Waals surface area contributed by atoms with E-state index in [1.54, 1.807) is 0 Å². The molecule has 5 heteroatoms. The lowest BCUT2D eigenvalue weighted by Crippen LogP contribution is -2.33.